The predicted octanol–water partition coefficient (Wildman–Crippen LogP) is 5.98. The zero-order valence-corrected chi connectivity index (χ0v) is 22.4. The largest absolute Gasteiger partial charge is 0.367 e. The summed E-state index contributed by atoms with van der Waals surface area (Å²) in [5.41, 5.74) is 0. The summed E-state index contributed by atoms with van der Waals surface area (Å²) in [5, 5.41) is 4.96. The summed E-state index contributed by atoms with van der Waals surface area (Å²) in [4.78, 5) is 0. The molecule has 3 rings (SSSR count). The Balaban J connectivity index is 2.27. The molecule has 0 aromatic heterocycles. The van der Waals surface area contributed by atoms with E-state index in [0.29, 0.717) is 0 Å². The quantitative estimate of drug-likeness (QED) is 0.248. The normalized spacial score (nSPS) is 12.7. The zero-order chi connectivity index (χ0) is 22.7. The highest BCUT2D eigenvalue weighted by atomic mass is 31.1. The molecule has 31 heavy (non-hydrogen) atoms. The molecule has 0 fully saturated rings. The molecule has 0 amide bonds. The summed E-state index contributed by atoms with van der Waals surface area (Å²) in [6, 6.07) is 32.3. The standard InChI is InChI=1S/C27H34OP2Si/c1-26(2,3)30(27(4,5)6)25(29)28-31(22-16-10-7-11-17-22,23-18-12-8-13-19-23)24-20-14-9-15-21-24/h7-21,29H,1-6H3. The van der Waals surface area contributed by atoms with Crippen LogP contribution in [0.1, 0.15) is 41.5 Å². The fourth-order valence-corrected chi connectivity index (χ4v) is 14.6. The maximum absolute atomic E-state index is 7.31. The maximum atomic E-state index is 7.31. The second-order valence-electron chi connectivity index (χ2n) is 9.86. The molecule has 0 heterocycles. The van der Waals surface area contributed by atoms with Crippen molar-refractivity contribution in [2.24, 2.45) is 0 Å². The van der Waals surface area contributed by atoms with E-state index in [2.05, 4.69) is 141 Å². The lowest BCUT2D eigenvalue weighted by Gasteiger charge is -2.44. The van der Waals surface area contributed by atoms with Gasteiger partial charge in [0.15, 0.2) is 0 Å². The van der Waals surface area contributed by atoms with Gasteiger partial charge in [0.25, 0.3) is 8.32 Å². The van der Waals surface area contributed by atoms with E-state index in [1.54, 1.807) is 0 Å². The van der Waals surface area contributed by atoms with Gasteiger partial charge in [0.1, 0.15) is 0 Å². The minimum Gasteiger partial charge on any atom is -0.367 e. The first-order valence-electron chi connectivity index (χ1n) is 10.8. The molecule has 162 valence electrons. The third-order valence-electron chi connectivity index (χ3n) is 5.34. The van der Waals surface area contributed by atoms with Crippen molar-refractivity contribution in [2.75, 3.05) is 0 Å². The molecule has 4 heteroatoms. The maximum Gasteiger partial charge on any atom is 0.295 e. The average Bonchev–Trinajstić information content (AvgIpc) is 2.72. The fourth-order valence-electron chi connectivity index (χ4n) is 4.50. The Morgan fingerprint density at radius 2 is 0.903 bits per heavy atom. The van der Waals surface area contributed by atoms with Crippen LogP contribution in [0.25, 0.3) is 0 Å². The Morgan fingerprint density at radius 3 is 1.16 bits per heavy atom. The summed E-state index contributed by atoms with van der Waals surface area (Å²) >= 11 is 0. The van der Waals surface area contributed by atoms with E-state index in [0.717, 1.165) is 5.22 Å². The Hall–Kier alpha value is -1.56. The van der Waals surface area contributed by atoms with Gasteiger partial charge < -0.3 is 4.43 Å². The first kappa shape index (κ1) is 24.1. The molecule has 0 unspecified atom stereocenters. The van der Waals surface area contributed by atoms with Gasteiger partial charge in [0.2, 0.25) is 0 Å². The van der Waals surface area contributed by atoms with Crippen LogP contribution in [0, 0.1) is 0 Å². The first-order valence-corrected chi connectivity index (χ1v) is 14.6. The van der Waals surface area contributed by atoms with E-state index >= 15 is 0 Å². The van der Waals surface area contributed by atoms with Crippen LogP contribution in [-0.4, -0.2) is 23.9 Å². The van der Waals surface area contributed by atoms with Crippen molar-refractivity contribution in [3.05, 3.63) is 91.0 Å². The lowest BCUT2D eigenvalue weighted by atomic mass is 10.2. The predicted molar refractivity (Wildman–Crippen MR) is 145 cm³/mol. The SMILES string of the molecule is CC(C)(C)P(C(=P)O[Si](c1ccccc1)(c1ccccc1)c1ccccc1)C(C)(C)C. The molecule has 0 saturated heterocycles. The molecule has 1 nitrogen and oxygen atoms in total. The molecule has 0 bridgehead atoms. The van der Waals surface area contributed by atoms with Crippen molar-refractivity contribution in [1.82, 2.24) is 0 Å². The molecule has 0 aliphatic carbocycles. The number of benzene rings is 3. The Bertz CT molecular complexity index is 879. The van der Waals surface area contributed by atoms with Crippen molar-refractivity contribution in [2.45, 2.75) is 51.9 Å². The Morgan fingerprint density at radius 1 is 0.613 bits per heavy atom. The topological polar surface area (TPSA) is 9.23 Å². The van der Waals surface area contributed by atoms with Gasteiger partial charge in [-0.3, -0.25) is 0 Å². The molecular formula is C27H34OP2Si. The number of hydrogen-bond acceptors (Lipinski definition) is 1. The summed E-state index contributed by atoms with van der Waals surface area (Å²) in [6.07, 6.45) is 0. The van der Waals surface area contributed by atoms with E-state index in [1.165, 1.54) is 15.6 Å². The fraction of sp³-hybridized carbons (Fsp3) is 0.296. The highest BCUT2D eigenvalue weighted by Gasteiger charge is 2.46. The van der Waals surface area contributed by atoms with Gasteiger partial charge in [-0.25, -0.2) is 0 Å². The van der Waals surface area contributed by atoms with Crippen LogP contribution in [0.4, 0.5) is 0 Å². The van der Waals surface area contributed by atoms with Gasteiger partial charge >= 0.3 is 0 Å². The molecule has 3 aromatic carbocycles. The van der Waals surface area contributed by atoms with Gasteiger partial charge in [0.05, 0.1) is 5.22 Å². The molecule has 0 aliphatic rings. The minimum absolute atomic E-state index is 0.106. The Kier molecular flexibility index (Phi) is 7.39. The molecule has 0 N–H and O–H groups in total. The smallest absolute Gasteiger partial charge is 0.295 e. The lowest BCUT2D eigenvalue weighted by Crippen LogP contribution is -2.70. The number of rotatable bonds is 6. The first-order chi connectivity index (χ1) is 14.6. The van der Waals surface area contributed by atoms with E-state index in [1.807, 2.05) is 0 Å². The van der Waals surface area contributed by atoms with Crippen LogP contribution in [0.15, 0.2) is 91.0 Å². The Labute approximate surface area is 193 Å². The van der Waals surface area contributed by atoms with E-state index < -0.39 is 16.2 Å². The monoisotopic (exact) mass is 464 g/mol. The van der Waals surface area contributed by atoms with Crippen molar-refractivity contribution < 1.29 is 4.43 Å². The van der Waals surface area contributed by atoms with Gasteiger partial charge in [0, 0.05) is 0 Å². The van der Waals surface area contributed by atoms with Crippen LogP contribution in [-0.2, 0) is 4.43 Å². The van der Waals surface area contributed by atoms with Crippen LogP contribution >= 0.6 is 16.8 Å². The summed E-state index contributed by atoms with van der Waals surface area (Å²) < 4.78 is 7.31. The van der Waals surface area contributed by atoms with Gasteiger partial charge in [-0.15, -0.1) is 0 Å². The highest BCUT2D eigenvalue weighted by molar-refractivity contribution is 7.84. The average molecular weight is 465 g/mol. The van der Waals surface area contributed by atoms with Crippen molar-refractivity contribution in [3.8, 4) is 0 Å². The summed E-state index contributed by atoms with van der Waals surface area (Å²) in [7, 11) is 0.694. The second kappa shape index (κ2) is 9.51. The van der Waals surface area contributed by atoms with Crippen LogP contribution in [0.3, 0.4) is 0 Å². The summed E-state index contributed by atoms with van der Waals surface area (Å²) in [6.45, 7) is 13.9. The molecule has 3 aromatic rings. The molecule has 0 saturated carbocycles. The second-order valence-corrected chi connectivity index (χ2v) is 17.8. The molecular weight excluding hydrogens is 430 g/mol. The molecule has 0 radical (unpaired) electrons. The van der Waals surface area contributed by atoms with E-state index in [9.17, 15) is 0 Å². The van der Waals surface area contributed by atoms with Crippen molar-refractivity contribution >= 4 is 45.9 Å². The van der Waals surface area contributed by atoms with Crippen LogP contribution < -0.4 is 15.6 Å². The third-order valence-corrected chi connectivity index (χ3v) is 13.6. The van der Waals surface area contributed by atoms with Crippen LogP contribution in [0.2, 0.25) is 0 Å². The lowest BCUT2D eigenvalue weighted by molar-refractivity contribution is 0.593. The van der Waals surface area contributed by atoms with Crippen LogP contribution in [0.5, 0.6) is 0 Å². The molecule has 0 atom stereocenters. The summed E-state index contributed by atoms with van der Waals surface area (Å²) in [5.74, 6) is 0. The number of hydrogen-bond donors (Lipinski definition) is 0. The minimum atomic E-state index is -2.78. The van der Waals surface area contributed by atoms with Gasteiger partial charge in [-0.1, -0.05) is 141 Å². The van der Waals surface area contributed by atoms with Gasteiger partial charge in [-0.05, 0) is 33.8 Å². The van der Waals surface area contributed by atoms with E-state index in [-0.39, 0.29) is 10.3 Å². The van der Waals surface area contributed by atoms with Gasteiger partial charge in [-0.2, -0.15) is 0 Å². The van der Waals surface area contributed by atoms with Crippen molar-refractivity contribution in [1.29, 1.82) is 0 Å². The molecule has 0 aliphatic heterocycles. The third kappa shape index (κ3) is 5.27. The zero-order valence-electron chi connectivity index (χ0n) is 19.5. The van der Waals surface area contributed by atoms with Crippen molar-refractivity contribution in [3.63, 3.8) is 0 Å². The molecule has 0 spiro atoms. The highest BCUT2D eigenvalue weighted by Crippen LogP contribution is 2.61. The van der Waals surface area contributed by atoms with E-state index in [4.69, 9.17) is 4.43 Å².